The van der Waals surface area contributed by atoms with Crippen LogP contribution in [0, 0.1) is 5.92 Å². The zero-order chi connectivity index (χ0) is 27.8. The maximum absolute atomic E-state index is 12.3. The van der Waals surface area contributed by atoms with Crippen molar-refractivity contribution in [3.63, 3.8) is 0 Å². The van der Waals surface area contributed by atoms with Gasteiger partial charge in [-0.25, -0.2) is 9.78 Å². The van der Waals surface area contributed by atoms with Gasteiger partial charge in [-0.2, -0.15) is 4.98 Å². The second kappa shape index (κ2) is 12.6. The summed E-state index contributed by atoms with van der Waals surface area (Å²) in [5.41, 5.74) is 2.33. The Labute approximate surface area is 226 Å². The number of hydrogen-bond acceptors (Lipinski definition) is 8. The fourth-order valence-electron chi connectivity index (χ4n) is 3.95. The van der Waals surface area contributed by atoms with Crippen LogP contribution < -0.4 is 20.9 Å². The first-order chi connectivity index (χ1) is 18.8. The van der Waals surface area contributed by atoms with E-state index in [1.807, 2.05) is 39.0 Å². The van der Waals surface area contributed by atoms with E-state index in [9.17, 15) is 14.4 Å². The van der Waals surface area contributed by atoms with E-state index >= 15 is 0 Å². The van der Waals surface area contributed by atoms with Crippen molar-refractivity contribution in [3.8, 4) is 0 Å². The van der Waals surface area contributed by atoms with E-state index in [1.54, 1.807) is 53.8 Å². The first-order valence-electron chi connectivity index (χ1n) is 12.6. The van der Waals surface area contributed by atoms with Crippen molar-refractivity contribution < 1.29 is 19.1 Å². The summed E-state index contributed by atoms with van der Waals surface area (Å²) < 4.78 is 5.23. The van der Waals surface area contributed by atoms with Crippen molar-refractivity contribution in [2.45, 2.75) is 32.9 Å². The molecule has 0 aliphatic carbocycles. The number of nitrogens with one attached hydrogen (secondary N) is 3. The summed E-state index contributed by atoms with van der Waals surface area (Å²) in [5.74, 6) is 0.358. The SMILES string of the molecule is CC(C)[C@H]1COC(=O)N1c1ccnc(N[C@@H](C)c2ccc(NC(=O)CNC(=O)/C=C/c3cccnc3)cc2)n1. The lowest BCUT2D eigenvalue weighted by Crippen LogP contribution is -2.37. The average Bonchev–Trinajstić information content (AvgIpc) is 3.33. The van der Waals surface area contributed by atoms with Crippen molar-refractivity contribution >= 4 is 41.4 Å². The molecule has 3 aromatic rings. The molecule has 2 atom stereocenters. The van der Waals surface area contributed by atoms with Crippen molar-refractivity contribution in [3.05, 3.63) is 78.3 Å². The molecule has 3 N–H and O–H groups in total. The minimum absolute atomic E-state index is 0.0861. The Kier molecular flexibility index (Phi) is 8.82. The van der Waals surface area contributed by atoms with Crippen LogP contribution >= 0.6 is 0 Å². The molecule has 1 aliphatic heterocycles. The molecule has 3 amide bonds. The molecule has 39 heavy (non-hydrogen) atoms. The molecule has 0 spiro atoms. The van der Waals surface area contributed by atoms with E-state index in [4.69, 9.17) is 4.74 Å². The van der Waals surface area contributed by atoms with Crippen molar-refractivity contribution in [2.75, 3.05) is 28.7 Å². The Morgan fingerprint density at radius 1 is 1.13 bits per heavy atom. The van der Waals surface area contributed by atoms with E-state index in [2.05, 4.69) is 30.9 Å². The summed E-state index contributed by atoms with van der Waals surface area (Å²) >= 11 is 0. The lowest BCUT2D eigenvalue weighted by molar-refractivity contribution is -0.121. The minimum atomic E-state index is -0.412. The van der Waals surface area contributed by atoms with Crippen LogP contribution in [-0.4, -0.2) is 52.1 Å². The smallest absolute Gasteiger partial charge is 0.415 e. The summed E-state index contributed by atoms with van der Waals surface area (Å²) in [6.07, 6.45) is 7.45. The van der Waals surface area contributed by atoms with Crippen molar-refractivity contribution in [1.82, 2.24) is 20.3 Å². The van der Waals surface area contributed by atoms with Gasteiger partial charge in [0.2, 0.25) is 17.8 Å². The number of ether oxygens (including phenoxy) is 1. The molecular weight excluding hydrogens is 498 g/mol. The maximum Gasteiger partial charge on any atom is 0.415 e. The predicted molar refractivity (Wildman–Crippen MR) is 148 cm³/mol. The normalized spacial score (nSPS) is 15.7. The molecule has 11 heteroatoms. The summed E-state index contributed by atoms with van der Waals surface area (Å²) in [4.78, 5) is 50.9. The van der Waals surface area contributed by atoms with Crippen LogP contribution in [0.1, 0.15) is 37.9 Å². The number of hydrogen-bond donors (Lipinski definition) is 3. The summed E-state index contributed by atoms with van der Waals surface area (Å²) in [5, 5.41) is 8.56. The van der Waals surface area contributed by atoms with Crippen molar-refractivity contribution in [1.29, 1.82) is 0 Å². The number of anilines is 3. The fourth-order valence-corrected chi connectivity index (χ4v) is 3.95. The van der Waals surface area contributed by atoms with Crippen LogP contribution in [0.25, 0.3) is 6.08 Å². The Bertz CT molecular complexity index is 1330. The lowest BCUT2D eigenvalue weighted by atomic mass is 10.0. The van der Waals surface area contributed by atoms with Gasteiger partial charge in [-0.05, 0) is 54.3 Å². The Morgan fingerprint density at radius 2 is 1.92 bits per heavy atom. The van der Waals surface area contributed by atoms with Crippen LogP contribution in [0.2, 0.25) is 0 Å². The number of aromatic nitrogens is 3. The van der Waals surface area contributed by atoms with Gasteiger partial charge < -0.3 is 20.7 Å². The largest absolute Gasteiger partial charge is 0.447 e. The zero-order valence-corrected chi connectivity index (χ0v) is 22.0. The Hall–Kier alpha value is -4.80. The van der Waals surface area contributed by atoms with Gasteiger partial charge in [-0.3, -0.25) is 19.5 Å². The van der Waals surface area contributed by atoms with Gasteiger partial charge in [0.1, 0.15) is 12.4 Å². The predicted octanol–water partition coefficient (Wildman–Crippen LogP) is 3.79. The molecule has 3 heterocycles. The van der Waals surface area contributed by atoms with Gasteiger partial charge in [0, 0.05) is 30.4 Å². The van der Waals surface area contributed by atoms with Gasteiger partial charge in [0.15, 0.2) is 0 Å². The number of benzene rings is 1. The Balaban J connectivity index is 1.28. The average molecular weight is 530 g/mol. The molecule has 202 valence electrons. The number of nitrogens with zero attached hydrogens (tertiary/aromatic N) is 4. The molecule has 1 saturated heterocycles. The summed E-state index contributed by atoms with van der Waals surface area (Å²) in [7, 11) is 0. The number of carbonyl (C=O) groups is 3. The Morgan fingerprint density at radius 3 is 2.64 bits per heavy atom. The molecule has 1 aliphatic rings. The summed E-state index contributed by atoms with van der Waals surface area (Å²) in [6, 6.07) is 12.4. The van der Waals surface area contributed by atoms with E-state index in [-0.39, 0.29) is 36.4 Å². The third kappa shape index (κ3) is 7.37. The van der Waals surface area contributed by atoms with Gasteiger partial charge in [0.05, 0.1) is 18.6 Å². The lowest BCUT2D eigenvalue weighted by Gasteiger charge is -2.23. The molecule has 0 bridgehead atoms. The van der Waals surface area contributed by atoms with Gasteiger partial charge in [-0.1, -0.05) is 32.0 Å². The molecule has 1 fully saturated rings. The van der Waals surface area contributed by atoms with Crippen molar-refractivity contribution in [2.24, 2.45) is 5.92 Å². The quantitative estimate of drug-likeness (QED) is 0.337. The van der Waals surface area contributed by atoms with Crippen LogP contribution in [0.3, 0.4) is 0 Å². The second-order valence-corrected chi connectivity index (χ2v) is 9.37. The molecule has 11 nitrogen and oxygen atoms in total. The molecule has 0 saturated carbocycles. The van der Waals surface area contributed by atoms with E-state index in [0.29, 0.717) is 24.1 Å². The highest BCUT2D eigenvalue weighted by atomic mass is 16.6. The van der Waals surface area contributed by atoms with Crippen LogP contribution in [0.15, 0.2) is 67.1 Å². The number of cyclic esters (lactones) is 1. The molecule has 4 rings (SSSR count). The topological polar surface area (TPSA) is 138 Å². The maximum atomic E-state index is 12.3. The van der Waals surface area contributed by atoms with Gasteiger partial charge >= 0.3 is 6.09 Å². The molecule has 0 unspecified atom stereocenters. The third-order valence-electron chi connectivity index (χ3n) is 6.14. The molecule has 1 aromatic carbocycles. The van der Waals surface area contributed by atoms with E-state index in [1.165, 1.54) is 6.08 Å². The van der Waals surface area contributed by atoms with Crippen LogP contribution in [-0.2, 0) is 14.3 Å². The highest BCUT2D eigenvalue weighted by Crippen LogP contribution is 2.27. The monoisotopic (exact) mass is 529 g/mol. The standard InChI is InChI=1S/C28H31N7O4/c1-18(2)23-17-39-28(38)35(23)24-12-14-30-27(34-24)32-19(3)21-7-9-22(10-8-21)33-26(37)16-31-25(36)11-6-20-5-4-13-29-15-20/h4-15,18-19,23H,16-17H2,1-3H3,(H,31,36)(H,33,37)(H,30,32,34)/b11-6+/t19-,23+/m0/s1. The first kappa shape index (κ1) is 27.2. The molecule has 0 radical (unpaired) electrons. The molecule has 2 aromatic heterocycles. The van der Waals surface area contributed by atoms with E-state index in [0.717, 1.165) is 11.1 Å². The third-order valence-corrected chi connectivity index (χ3v) is 6.14. The summed E-state index contributed by atoms with van der Waals surface area (Å²) in [6.45, 7) is 6.20. The minimum Gasteiger partial charge on any atom is -0.447 e. The number of carbonyl (C=O) groups excluding carboxylic acids is 3. The highest BCUT2D eigenvalue weighted by Gasteiger charge is 2.37. The first-order valence-corrected chi connectivity index (χ1v) is 12.6. The fraction of sp³-hybridized carbons (Fsp3) is 0.286. The number of pyridine rings is 1. The highest BCUT2D eigenvalue weighted by molar-refractivity contribution is 5.98. The van der Waals surface area contributed by atoms with Gasteiger partial charge in [-0.15, -0.1) is 0 Å². The van der Waals surface area contributed by atoms with Crippen LogP contribution in [0.5, 0.6) is 0 Å². The molecular formula is C28H31N7O4. The zero-order valence-electron chi connectivity index (χ0n) is 22.0. The van der Waals surface area contributed by atoms with Gasteiger partial charge in [0.25, 0.3) is 0 Å². The van der Waals surface area contributed by atoms with Crippen LogP contribution in [0.4, 0.5) is 22.2 Å². The number of amides is 3. The number of rotatable bonds is 10. The van der Waals surface area contributed by atoms with E-state index < -0.39 is 6.09 Å². The second-order valence-electron chi connectivity index (χ2n) is 9.37.